The third-order valence-electron chi connectivity index (χ3n) is 5.46. The average Bonchev–Trinajstić information content (AvgIpc) is 3.05. The van der Waals surface area contributed by atoms with Crippen LogP contribution < -0.4 is 5.32 Å². The fraction of sp³-hybridized carbons (Fsp3) is 0.579. The second-order valence-electron chi connectivity index (χ2n) is 7.41. The number of hydrogen-bond acceptors (Lipinski definition) is 4. The maximum absolute atomic E-state index is 11.7. The van der Waals surface area contributed by atoms with Gasteiger partial charge in [0.1, 0.15) is 17.2 Å². The van der Waals surface area contributed by atoms with Gasteiger partial charge in [-0.05, 0) is 49.9 Å². The number of carbonyl (C=O) groups excluding carboxylic acids is 1. The van der Waals surface area contributed by atoms with Gasteiger partial charge >= 0.3 is 0 Å². The van der Waals surface area contributed by atoms with Crippen LogP contribution in [0.4, 0.5) is 0 Å². The molecule has 2 aliphatic rings. The van der Waals surface area contributed by atoms with Crippen molar-refractivity contribution >= 4 is 5.91 Å². The summed E-state index contributed by atoms with van der Waals surface area (Å²) in [7, 11) is 1.63. The number of nitrogens with one attached hydrogen (secondary N) is 1. The molecule has 0 bridgehead atoms. The molecule has 2 aromatic rings. The molecule has 6 heteroatoms. The van der Waals surface area contributed by atoms with E-state index in [0.717, 1.165) is 49.9 Å². The van der Waals surface area contributed by atoms with E-state index in [1.54, 1.807) is 13.1 Å². The lowest BCUT2D eigenvalue weighted by Gasteiger charge is -2.32. The minimum atomic E-state index is -0.135. The second-order valence-corrected chi connectivity index (χ2v) is 7.41. The molecular weight excluding hydrogens is 316 g/mol. The summed E-state index contributed by atoms with van der Waals surface area (Å²) >= 11 is 0. The van der Waals surface area contributed by atoms with E-state index in [4.69, 9.17) is 4.42 Å². The van der Waals surface area contributed by atoms with Crippen LogP contribution in [-0.2, 0) is 6.54 Å². The Bertz CT molecular complexity index is 750. The number of piperidine rings is 1. The van der Waals surface area contributed by atoms with Gasteiger partial charge in [-0.1, -0.05) is 6.92 Å². The number of likely N-dealkylation sites (tertiary alicyclic amines) is 1. The lowest BCUT2D eigenvalue weighted by Crippen LogP contribution is -2.36. The highest BCUT2D eigenvalue weighted by Gasteiger charge is 2.36. The first-order valence-electron chi connectivity index (χ1n) is 9.22. The minimum Gasteiger partial charge on any atom is -0.464 e. The van der Waals surface area contributed by atoms with Gasteiger partial charge in [0.15, 0.2) is 0 Å². The maximum atomic E-state index is 11.7. The van der Waals surface area contributed by atoms with Gasteiger partial charge in [0.2, 0.25) is 0 Å². The molecule has 1 N–H and O–H groups in total. The summed E-state index contributed by atoms with van der Waals surface area (Å²) in [6.45, 7) is 5.14. The SMILES string of the molecule is CNC(=O)c1ccn([C@@H]2CCCN(Cc3ccc([C@@H]4C[C@@H]4C)o3)C2)n1. The van der Waals surface area contributed by atoms with E-state index in [0.29, 0.717) is 17.7 Å². The summed E-state index contributed by atoms with van der Waals surface area (Å²) in [5, 5.41) is 7.07. The standard InChI is InChI=1S/C19H26N4O2/c1-13-10-16(13)18-6-5-15(25-18)12-22-8-3-4-14(11-22)23-9-7-17(21-23)19(24)20-2/h5-7,9,13-14,16H,3-4,8,10-12H2,1-2H3,(H,20,24)/t13-,14+,16+/m0/s1. The third-order valence-corrected chi connectivity index (χ3v) is 5.46. The normalized spacial score (nSPS) is 26.6. The van der Waals surface area contributed by atoms with Crippen molar-refractivity contribution in [2.24, 2.45) is 5.92 Å². The molecule has 0 unspecified atom stereocenters. The number of aromatic nitrogens is 2. The van der Waals surface area contributed by atoms with Crippen LogP contribution in [0.25, 0.3) is 0 Å². The molecule has 0 spiro atoms. The predicted molar refractivity (Wildman–Crippen MR) is 94.4 cm³/mol. The van der Waals surface area contributed by atoms with Crippen LogP contribution in [0.3, 0.4) is 0 Å². The number of furan rings is 1. The fourth-order valence-electron chi connectivity index (χ4n) is 3.80. The van der Waals surface area contributed by atoms with E-state index < -0.39 is 0 Å². The zero-order valence-corrected chi connectivity index (χ0v) is 14.9. The van der Waals surface area contributed by atoms with E-state index in [1.165, 1.54) is 6.42 Å². The topological polar surface area (TPSA) is 63.3 Å². The number of hydrogen-bond donors (Lipinski definition) is 1. The molecule has 1 saturated heterocycles. The van der Waals surface area contributed by atoms with Crippen molar-refractivity contribution in [1.82, 2.24) is 20.0 Å². The van der Waals surface area contributed by atoms with Crippen molar-refractivity contribution in [3.8, 4) is 0 Å². The summed E-state index contributed by atoms with van der Waals surface area (Å²) in [5.74, 6) is 3.48. The second kappa shape index (κ2) is 6.67. The highest BCUT2D eigenvalue weighted by Crippen LogP contribution is 2.47. The van der Waals surface area contributed by atoms with E-state index in [2.05, 4.69) is 34.4 Å². The van der Waals surface area contributed by atoms with Crippen molar-refractivity contribution in [3.63, 3.8) is 0 Å². The molecule has 3 atom stereocenters. The van der Waals surface area contributed by atoms with Crippen LogP contribution in [0.1, 0.15) is 60.2 Å². The molecule has 1 aliphatic heterocycles. The number of nitrogens with zero attached hydrogens (tertiary/aromatic N) is 3. The van der Waals surface area contributed by atoms with Crippen LogP contribution in [0.2, 0.25) is 0 Å². The van der Waals surface area contributed by atoms with E-state index >= 15 is 0 Å². The van der Waals surface area contributed by atoms with E-state index in [-0.39, 0.29) is 5.91 Å². The molecule has 4 rings (SSSR count). The Morgan fingerprint density at radius 2 is 2.24 bits per heavy atom. The molecule has 0 radical (unpaired) electrons. The Hall–Kier alpha value is -2.08. The number of amides is 1. The maximum Gasteiger partial charge on any atom is 0.271 e. The number of carbonyl (C=O) groups is 1. The molecule has 1 amide bonds. The van der Waals surface area contributed by atoms with Crippen molar-refractivity contribution in [2.75, 3.05) is 20.1 Å². The van der Waals surface area contributed by atoms with Crippen molar-refractivity contribution < 1.29 is 9.21 Å². The number of rotatable bonds is 5. The summed E-state index contributed by atoms with van der Waals surface area (Å²) in [4.78, 5) is 14.1. The molecule has 1 saturated carbocycles. The zero-order valence-electron chi connectivity index (χ0n) is 14.9. The lowest BCUT2D eigenvalue weighted by molar-refractivity contribution is 0.0955. The van der Waals surface area contributed by atoms with Gasteiger partial charge in [-0.3, -0.25) is 14.4 Å². The first-order valence-corrected chi connectivity index (χ1v) is 9.22. The molecule has 6 nitrogen and oxygen atoms in total. The van der Waals surface area contributed by atoms with Crippen molar-refractivity contribution in [3.05, 3.63) is 41.6 Å². The monoisotopic (exact) mass is 342 g/mol. The molecule has 134 valence electrons. The summed E-state index contributed by atoms with van der Waals surface area (Å²) in [6.07, 6.45) is 5.39. The molecule has 25 heavy (non-hydrogen) atoms. The van der Waals surface area contributed by atoms with Crippen molar-refractivity contribution in [2.45, 2.75) is 44.7 Å². The molecule has 2 aromatic heterocycles. The van der Waals surface area contributed by atoms with Crippen LogP contribution in [-0.4, -0.2) is 40.7 Å². The van der Waals surface area contributed by atoms with Gasteiger partial charge in [-0.2, -0.15) is 5.10 Å². The van der Waals surface area contributed by atoms with Gasteiger partial charge in [-0.15, -0.1) is 0 Å². The first kappa shape index (κ1) is 16.4. The highest BCUT2D eigenvalue weighted by molar-refractivity contribution is 5.91. The third kappa shape index (κ3) is 3.49. The largest absolute Gasteiger partial charge is 0.464 e. The lowest BCUT2D eigenvalue weighted by atomic mass is 10.1. The summed E-state index contributed by atoms with van der Waals surface area (Å²) in [5.41, 5.74) is 0.480. The van der Waals surface area contributed by atoms with Crippen LogP contribution >= 0.6 is 0 Å². The molecule has 0 aromatic carbocycles. The van der Waals surface area contributed by atoms with Gasteiger partial charge in [-0.25, -0.2) is 0 Å². The van der Waals surface area contributed by atoms with Gasteiger partial charge in [0, 0.05) is 25.7 Å². The van der Waals surface area contributed by atoms with Crippen LogP contribution in [0.5, 0.6) is 0 Å². The Morgan fingerprint density at radius 3 is 3.00 bits per heavy atom. The fourth-order valence-corrected chi connectivity index (χ4v) is 3.80. The minimum absolute atomic E-state index is 0.135. The summed E-state index contributed by atoms with van der Waals surface area (Å²) < 4.78 is 8.00. The van der Waals surface area contributed by atoms with Gasteiger partial charge in [0.25, 0.3) is 5.91 Å². The summed E-state index contributed by atoms with van der Waals surface area (Å²) in [6, 6.07) is 6.37. The Labute approximate surface area is 148 Å². The first-order chi connectivity index (χ1) is 12.1. The highest BCUT2D eigenvalue weighted by atomic mass is 16.3. The Morgan fingerprint density at radius 1 is 1.40 bits per heavy atom. The van der Waals surface area contributed by atoms with Gasteiger partial charge < -0.3 is 9.73 Å². The van der Waals surface area contributed by atoms with E-state index in [1.807, 2.05) is 10.9 Å². The zero-order chi connectivity index (χ0) is 17.4. The molecule has 2 fully saturated rings. The van der Waals surface area contributed by atoms with Crippen molar-refractivity contribution in [1.29, 1.82) is 0 Å². The Kier molecular flexibility index (Phi) is 4.37. The Balaban J connectivity index is 1.38. The predicted octanol–water partition coefficient (Wildman–Crippen LogP) is 2.80. The van der Waals surface area contributed by atoms with Crippen LogP contribution in [0.15, 0.2) is 28.8 Å². The quantitative estimate of drug-likeness (QED) is 0.907. The smallest absolute Gasteiger partial charge is 0.271 e. The molecule has 1 aliphatic carbocycles. The molecular formula is C19H26N4O2. The average molecular weight is 342 g/mol. The van der Waals surface area contributed by atoms with Gasteiger partial charge in [0.05, 0.1) is 12.6 Å². The molecule has 3 heterocycles. The van der Waals surface area contributed by atoms with E-state index in [9.17, 15) is 4.79 Å². The van der Waals surface area contributed by atoms with Crippen LogP contribution in [0, 0.1) is 5.92 Å².